The van der Waals surface area contributed by atoms with Gasteiger partial charge in [0.2, 0.25) is 0 Å². The lowest BCUT2D eigenvalue weighted by molar-refractivity contribution is 0.589. The van der Waals surface area contributed by atoms with Crippen LogP contribution in [0.4, 0.5) is 5.69 Å². The number of benzene rings is 1. The van der Waals surface area contributed by atoms with Crippen LogP contribution in [-0.2, 0) is 5.41 Å². The molecule has 84 valence electrons. The number of aryl methyl sites for hydroxylation is 1. The number of nitrogens with zero attached hydrogens (tertiary/aromatic N) is 1. The van der Waals surface area contributed by atoms with Gasteiger partial charge in [-0.1, -0.05) is 32.9 Å². The predicted octanol–water partition coefficient (Wildman–Crippen LogP) is 3.93. The summed E-state index contributed by atoms with van der Waals surface area (Å²) in [5.41, 5.74) is 4.07. The second kappa shape index (κ2) is 4.44. The molecule has 0 N–H and O–H groups in total. The van der Waals surface area contributed by atoms with Crippen molar-refractivity contribution in [3.05, 3.63) is 29.3 Å². The van der Waals surface area contributed by atoms with Crippen LogP contribution in [0.15, 0.2) is 18.2 Å². The standard InChI is InChI=1S/C13H20ClN/c1-10-8-11(13(2,3)4)6-7-12(10)15(5)9-14/h6-8H,9H2,1-5H3. The van der Waals surface area contributed by atoms with Crippen molar-refractivity contribution >= 4 is 17.3 Å². The third-order valence-electron chi connectivity index (χ3n) is 2.65. The molecule has 0 aliphatic rings. The highest BCUT2D eigenvalue weighted by Gasteiger charge is 2.14. The summed E-state index contributed by atoms with van der Waals surface area (Å²) in [7, 11) is 2.01. The van der Waals surface area contributed by atoms with E-state index in [-0.39, 0.29) is 5.41 Å². The summed E-state index contributed by atoms with van der Waals surface area (Å²) in [6.45, 7) is 8.82. The summed E-state index contributed by atoms with van der Waals surface area (Å²) < 4.78 is 0. The summed E-state index contributed by atoms with van der Waals surface area (Å²) in [6.07, 6.45) is 0. The first-order valence-corrected chi connectivity index (χ1v) is 5.78. The minimum atomic E-state index is 0.211. The molecular formula is C13H20ClN. The lowest BCUT2D eigenvalue weighted by atomic mass is 9.86. The fourth-order valence-electron chi connectivity index (χ4n) is 1.61. The average molecular weight is 226 g/mol. The number of alkyl halides is 1. The molecule has 0 radical (unpaired) electrons. The van der Waals surface area contributed by atoms with Gasteiger partial charge >= 0.3 is 0 Å². The van der Waals surface area contributed by atoms with Crippen molar-refractivity contribution in [2.45, 2.75) is 33.1 Å². The summed E-state index contributed by atoms with van der Waals surface area (Å²) in [6, 6.07) is 7.11. The van der Waals surface area contributed by atoms with Gasteiger partial charge in [-0.25, -0.2) is 0 Å². The zero-order valence-corrected chi connectivity index (χ0v) is 11.0. The lowest BCUT2D eigenvalue weighted by Crippen LogP contribution is -2.17. The van der Waals surface area contributed by atoms with E-state index in [0.29, 0.717) is 6.00 Å². The Bertz CT molecular complexity index is 339. The Morgan fingerprint density at radius 1 is 1.27 bits per heavy atom. The van der Waals surface area contributed by atoms with Gasteiger partial charge in [0.05, 0.1) is 6.00 Å². The first kappa shape index (κ1) is 12.4. The van der Waals surface area contributed by atoms with Crippen LogP contribution in [0, 0.1) is 6.92 Å². The van der Waals surface area contributed by atoms with Crippen molar-refractivity contribution in [2.75, 3.05) is 18.0 Å². The Hall–Kier alpha value is -0.690. The van der Waals surface area contributed by atoms with Crippen molar-refractivity contribution in [1.82, 2.24) is 0 Å². The Labute approximate surface area is 98.0 Å². The highest BCUT2D eigenvalue weighted by Crippen LogP contribution is 2.27. The number of hydrogen-bond donors (Lipinski definition) is 0. The number of hydrogen-bond acceptors (Lipinski definition) is 1. The third kappa shape index (κ3) is 2.88. The summed E-state index contributed by atoms with van der Waals surface area (Å²) in [5.74, 6) is 0. The molecule has 0 atom stereocenters. The maximum absolute atomic E-state index is 5.81. The Morgan fingerprint density at radius 3 is 2.27 bits per heavy atom. The molecule has 0 aliphatic heterocycles. The maximum atomic E-state index is 5.81. The molecule has 0 amide bonds. The molecule has 0 heterocycles. The van der Waals surface area contributed by atoms with Crippen LogP contribution >= 0.6 is 11.6 Å². The van der Waals surface area contributed by atoms with Gasteiger partial charge in [-0.3, -0.25) is 0 Å². The third-order valence-corrected chi connectivity index (χ3v) is 3.01. The molecule has 1 aromatic carbocycles. The van der Waals surface area contributed by atoms with Crippen LogP contribution in [0.1, 0.15) is 31.9 Å². The molecule has 0 saturated carbocycles. The molecule has 0 bridgehead atoms. The second-order valence-corrected chi connectivity index (χ2v) is 5.31. The van der Waals surface area contributed by atoms with Gasteiger partial charge in [0.1, 0.15) is 0 Å². The van der Waals surface area contributed by atoms with Crippen molar-refractivity contribution in [2.24, 2.45) is 0 Å². The number of anilines is 1. The highest BCUT2D eigenvalue weighted by molar-refractivity contribution is 6.19. The minimum Gasteiger partial charge on any atom is -0.361 e. The van der Waals surface area contributed by atoms with E-state index in [4.69, 9.17) is 11.6 Å². The van der Waals surface area contributed by atoms with E-state index >= 15 is 0 Å². The van der Waals surface area contributed by atoms with Crippen LogP contribution in [-0.4, -0.2) is 13.1 Å². The normalized spacial score (nSPS) is 11.6. The molecule has 1 nitrogen and oxygen atoms in total. The van der Waals surface area contributed by atoms with Gasteiger partial charge in [0.15, 0.2) is 0 Å². The molecule has 0 aliphatic carbocycles. The molecule has 0 saturated heterocycles. The number of halogens is 1. The van der Waals surface area contributed by atoms with Gasteiger partial charge in [0, 0.05) is 12.7 Å². The van der Waals surface area contributed by atoms with Crippen LogP contribution in [0.3, 0.4) is 0 Å². The van der Waals surface area contributed by atoms with E-state index in [1.165, 1.54) is 16.8 Å². The Morgan fingerprint density at radius 2 is 1.87 bits per heavy atom. The molecule has 0 aromatic heterocycles. The fourth-order valence-corrected chi connectivity index (χ4v) is 1.74. The van der Waals surface area contributed by atoms with E-state index in [9.17, 15) is 0 Å². The molecular weight excluding hydrogens is 206 g/mol. The van der Waals surface area contributed by atoms with Crippen molar-refractivity contribution in [3.8, 4) is 0 Å². The van der Waals surface area contributed by atoms with Crippen molar-refractivity contribution < 1.29 is 0 Å². The van der Waals surface area contributed by atoms with Gasteiger partial charge in [-0.15, -0.1) is 11.6 Å². The van der Waals surface area contributed by atoms with Crippen LogP contribution in [0.25, 0.3) is 0 Å². The van der Waals surface area contributed by atoms with Gasteiger partial charge < -0.3 is 4.90 Å². The Kier molecular flexibility index (Phi) is 3.67. The SMILES string of the molecule is Cc1cc(C(C)(C)C)ccc1N(C)CCl. The zero-order chi connectivity index (χ0) is 11.6. The average Bonchev–Trinajstić information content (AvgIpc) is 2.15. The van der Waals surface area contributed by atoms with E-state index in [1.807, 2.05) is 11.9 Å². The quantitative estimate of drug-likeness (QED) is 0.545. The molecule has 1 aromatic rings. The van der Waals surface area contributed by atoms with E-state index < -0.39 is 0 Å². The van der Waals surface area contributed by atoms with Gasteiger partial charge in [-0.2, -0.15) is 0 Å². The second-order valence-electron chi connectivity index (χ2n) is 5.07. The van der Waals surface area contributed by atoms with Gasteiger partial charge in [0.25, 0.3) is 0 Å². The smallest absolute Gasteiger partial charge is 0.0925 e. The van der Waals surface area contributed by atoms with E-state index in [2.05, 4.69) is 45.9 Å². The molecule has 0 spiro atoms. The molecule has 0 unspecified atom stereocenters. The van der Waals surface area contributed by atoms with Crippen molar-refractivity contribution in [3.63, 3.8) is 0 Å². The lowest BCUT2D eigenvalue weighted by Gasteiger charge is -2.23. The van der Waals surface area contributed by atoms with Gasteiger partial charge in [-0.05, 0) is 29.5 Å². The largest absolute Gasteiger partial charge is 0.361 e. The Balaban J connectivity index is 3.09. The predicted molar refractivity (Wildman–Crippen MR) is 69.0 cm³/mol. The minimum absolute atomic E-state index is 0.211. The molecule has 15 heavy (non-hydrogen) atoms. The van der Waals surface area contributed by atoms with Crippen LogP contribution < -0.4 is 4.90 Å². The summed E-state index contributed by atoms with van der Waals surface area (Å²) >= 11 is 5.81. The maximum Gasteiger partial charge on any atom is 0.0925 e. The summed E-state index contributed by atoms with van der Waals surface area (Å²) in [4.78, 5) is 2.04. The first-order chi connectivity index (χ1) is 6.86. The molecule has 1 rings (SSSR count). The molecule has 2 heteroatoms. The van der Waals surface area contributed by atoms with Crippen LogP contribution in [0.2, 0.25) is 0 Å². The zero-order valence-electron chi connectivity index (χ0n) is 10.3. The highest BCUT2D eigenvalue weighted by atomic mass is 35.5. The molecule has 0 fully saturated rings. The summed E-state index contributed by atoms with van der Waals surface area (Å²) in [5, 5.41) is 0. The number of rotatable bonds is 2. The van der Waals surface area contributed by atoms with Crippen molar-refractivity contribution in [1.29, 1.82) is 0 Å². The topological polar surface area (TPSA) is 3.24 Å². The van der Waals surface area contributed by atoms with E-state index in [0.717, 1.165) is 0 Å². The van der Waals surface area contributed by atoms with E-state index in [1.54, 1.807) is 0 Å². The monoisotopic (exact) mass is 225 g/mol. The first-order valence-electron chi connectivity index (χ1n) is 5.24. The van der Waals surface area contributed by atoms with Crippen LogP contribution in [0.5, 0.6) is 0 Å². The fraction of sp³-hybridized carbons (Fsp3) is 0.538.